The van der Waals surface area contributed by atoms with Crippen LogP contribution in [0.2, 0.25) is 0 Å². The molecule has 1 aliphatic carbocycles. The van der Waals surface area contributed by atoms with Crippen LogP contribution in [0.4, 0.5) is 0 Å². The summed E-state index contributed by atoms with van der Waals surface area (Å²) in [6.07, 6.45) is 10.1. The zero-order valence-corrected chi connectivity index (χ0v) is 17.0. The highest BCUT2D eigenvalue weighted by Gasteiger charge is 2.47. The molecule has 8 nitrogen and oxygen atoms in total. The number of aromatic nitrogens is 4. The summed E-state index contributed by atoms with van der Waals surface area (Å²) in [5.74, 6) is 1.58. The summed E-state index contributed by atoms with van der Waals surface area (Å²) in [5.41, 5.74) is 0.670. The number of ether oxygens (including phenoxy) is 1. The number of aromatic amines is 1. The van der Waals surface area contributed by atoms with E-state index in [4.69, 9.17) is 4.74 Å². The van der Waals surface area contributed by atoms with Crippen molar-refractivity contribution in [1.29, 1.82) is 5.26 Å². The maximum absolute atomic E-state index is 10.4. The van der Waals surface area contributed by atoms with E-state index in [-0.39, 0.29) is 17.9 Å². The molecular weight excluding hydrogens is 370 g/mol. The van der Waals surface area contributed by atoms with Crippen LogP contribution in [0.25, 0.3) is 0 Å². The van der Waals surface area contributed by atoms with E-state index in [0.717, 1.165) is 37.9 Å². The van der Waals surface area contributed by atoms with Crippen molar-refractivity contribution in [2.75, 3.05) is 0 Å². The molecule has 0 amide bonds. The number of aliphatic hydroxyl groups excluding tert-OH is 2. The maximum atomic E-state index is 10.4. The van der Waals surface area contributed by atoms with Crippen LogP contribution in [0, 0.1) is 23.2 Å². The van der Waals surface area contributed by atoms with Gasteiger partial charge in [0.25, 0.3) is 0 Å². The lowest BCUT2D eigenvalue weighted by Gasteiger charge is -2.16. The molecule has 0 aromatic carbocycles. The Labute approximate surface area is 171 Å². The average molecular weight is 402 g/mol. The van der Waals surface area contributed by atoms with Gasteiger partial charge in [-0.1, -0.05) is 38.3 Å². The SMILES string of the molecule is CCCCC[C@H](O)/C=C/[C@@H]1[C@H]2CC(=C(C#N)CCCc3nnn[nH]3)O[C@H]2C[C@H]1O. The first kappa shape index (κ1) is 21.5. The normalized spacial score (nSPS) is 28.9. The van der Waals surface area contributed by atoms with E-state index >= 15 is 0 Å². The minimum absolute atomic E-state index is 0.0430. The number of aliphatic hydroxyl groups is 2. The Morgan fingerprint density at radius 3 is 3.00 bits per heavy atom. The van der Waals surface area contributed by atoms with Crippen LogP contribution in [0.1, 0.15) is 64.1 Å². The van der Waals surface area contributed by atoms with Gasteiger partial charge in [-0.15, -0.1) is 5.10 Å². The Morgan fingerprint density at radius 2 is 2.28 bits per heavy atom. The van der Waals surface area contributed by atoms with Crippen LogP contribution in [-0.2, 0) is 11.2 Å². The molecule has 5 atom stereocenters. The van der Waals surface area contributed by atoms with Crippen molar-refractivity contribution in [3.05, 3.63) is 29.3 Å². The fraction of sp³-hybridized carbons (Fsp3) is 0.714. The fourth-order valence-electron chi connectivity index (χ4n) is 4.35. The van der Waals surface area contributed by atoms with Crippen LogP contribution in [0.3, 0.4) is 0 Å². The number of hydrogen-bond donors (Lipinski definition) is 3. The quantitative estimate of drug-likeness (QED) is 0.312. The van der Waals surface area contributed by atoms with E-state index < -0.39 is 12.2 Å². The number of hydrogen-bond acceptors (Lipinski definition) is 7. The fourth-order valence-corrected chi connectivity index (χ4v) is 4.35. The molecule has 1 aromatic rings. The van der Waals surface area contributed by atoms with Gasteiger partial charge in [0.15, 0.2) is 0 Å². The van der Waals surface area contributed by atoms with Crippen molar-refractivity contribution in [3.8, 4) is 6.07 Å². The third-order valence-electron chi connectivity index (χ3n) is 5.96. The molecule has 2 aliphatic rings. The summed E-state index contributed by atoms with van der Waals surface area (Å²) >= 11 is 0. The van der Waals surface area contributed by atoms with Crippen molar-refractivity contribution >= 4 is 0 Å². The van der Waals surface area contributed by atoms with E-state index in [9.17, 15) is 15.5 Å². The van der Waals surface area contributed by atoms with Gasteiger partial charge in [0.05, 0.1) is 23.9 Å². The number of rotatable bonds is 10. The van der Waals surface area contributed by atoms with E-state index in [1.807, 2.05) is 12.2 Å². The van der Waals surface area contributed by atoms with Gasteiger partial charge in [0.1, 0.15) is 17.7 Å². The van der Waals surface area contributed by atoms with Crippen molar-refractivity contribution in [2.45, 2.75) is 83.0 Å². The summed E-state index contributed by atoms with van der Waals surface area (Å²) in [6.45, 7) is 2.14. The zero-order chi connectivity index (χ0) is 20.6. The molecule has 8 heteroatoms. The Kier molecular flexibility index (Phi) is 7.78. The summed E-state index contributed by atoms with van der Waals surface area (Å²) in [4.78, 5) is 0. The number of nitriles is 1. The van der Waals surface area contributed by atoms with Crippen LogP contribution < -0.4 is 0 Å². The minimum Gasteiger partial charge on any atom is -0.493 e. The lowest BCUT2D eigenvalue weighted by molar-refractivity contribution is 0.111. The van der Waals surface area contributed by atoms with Crippen LogP contribution >= 0.6 is 0 Å². The molecule has 2 fully saturated rings. The standard InChI is InChI=1S/C21H31N5O3/c1-2-3-4-7-15(27)9-10-16-17-11-19(29-20(17)12-18(16)28)14(13-22)6-5-8-21-23-25-26-24-21/h9-10,15-18,20,27-28H,2-8,11-12H2,1H3,(H,23,24,25,26)/b10-9+,19-14?/t15-,16+,17+,18+,20-/m0/s1. The third kappa shape index (κ3) is 5.64. The molecule has 1 aromatic heterocycles. The number of aryl methyl sites for hydroxylation is 1. The lowest BCUT2D eigenvalue weighted by atomic mass is 9.89. The summed E-state index contributed by atoms with van der Waals surface area (Å²) in [5, 5.41) is 43.8. The molecule has 158 valence electrons. The Morgan fingerprint density at radius 1 is 1.41 bits per heavy atom. The first-order valence-electron chi connectivity index (χ1n) is 10.7. The maximum Gasteiger partial charge on any atom is 0.148 e. The van der Waals surface area contributed by atoms with Crippen molar-refractivity contribution in [2.24, 2.45) is 11.8 Å². The van der Waals surface area contributed by atoms with Crippen LogP contribution in [0.15, 0.2) is 23.5 Å². The van der Waals surface area contributed by atoms with E-state index in [0.29, 0.717) is 37.1 Å². The zero-order valence-electron chi connectivity index (χ0n) is 17.0. The number of fused-ring (bicyclic) bond motifs is 1. The van der Waals surface area contributed by atoms with E-state index in [2.05, 4.69) is 33.6 Å². The second kappa shape index (κ2) is 10.5. The molecule has 1 saturated heterocycles. The average Bonchev–Trinajstić information content (AvgIpc) is 3.41. The highest BCUT2D eigenvalue weighted by Crippen LogP contribution is 2.46. The lowest BCUT2D eigenvalue weighted by Crippen LogP contribution is -2.18. The smallest absolute Gasteiger partial charge is 0.148 e. The van der Waals surface area contributed by atoms with Gasteiger partial charge in [0.2, 0.25) is 0 Å². The topological polar surface area (TPSA) is 128 Å². The molecule has 0 unspecified atom stereocenters. The number of nitrogens with zero attached hydrogens (tertiary/aromatic N) is 4. The molecule has 2 heterocycles. The predicted molar refractivity (Wildman–Crippen MR) is 106 cm³/mol. The van der Waals surface area contributed by atoms with E-state index in [1.165, 1.54) is 0 Å². The number of unbranched alkanes of at least 4 members (excludes halogenated alkanes) is 2. The van der Waals surface area contributed by atoms with Gasteiger partial charge in [0, 0.05) is 31.1 Å². The summed E-state index contributed by atoms with van der Waals surface area (Å²) < 4.78 is 6.07. The Hall–Kier alpha value is -2.24. The molecule has 0 radical (unpaired) electrons. The molecule has 29 heavy (non-hydrogen) atoms. The monoisotopic (exact) mass is 401 g/mol. The van der Waals surface area contributed by atoms with Crippen molar-refractivity contribution < 1.29 is 14.9 Å². The van der Waals surface area contributed by atoms with Crippen LogP contribution in [0.5, 0.6) is 0 Å². The van der Waals surface area contributed by atoms with Gasteiger partial charge >= 0.3 is 0 Å². The molecular formula is C21H31N5O3. The summed E-state index contributed by atoms with van der Waals surface area (Å²) in [6, 6.07) is 2.29. The Bertz CT molecular complexity index is 740. The predicted octanol–water partition coefficient (Wildman–Crippen LogP) is 2.58. The first-order valence-corrected chi connectivity index (χ1v) is 10.7. The van der Waals surface area contributed by atoms with Crippen LogP contribution in [-0.4, -0.2) is 49.1 Å². The third-order valence-corrected chi connectivity index (χ3v) is 5.96. The van der Waals surface area contributed by atoms with Gasteiger partial charge in [-0.25, -0.2) is 5.10 Å². The van der Waals surface area contributed by atoms with Gasteiger partial charge in [-0.3, -0.25) is 0 Å². The summed E-state index contributed by atoms with van der Waals surface area (Å²) in [7, 11) is 0. The highest BCUT2D eigenvalue weighted by atomic mass is 16.5. The largest absolute Gasteiger partial charge is 0.493 e. The van der Waals surface area contributed by atoms with E-state index in [1.54, 1.807) is 0 Å². The molecule has 3 N–H and O–H groups in total. The Balaban J connectivity index is 1.56. The number of H-pyrrole nitrogens is 1. The second-order valence-corrected chi connectivity index (χ2v) is 8.07. The number of allylic oxidation sites excluding steroid dienone is 2. The van der Waals surface area contributed by atoms with Gasteiger partial charge < -0.3 is 14.9 Å². The number of nitrogens with one attached hydrogen (secondary N) is 1. The van der Waals surface area contributed by atoms with Gasteiger partial charge in [-0.2, -0.15) is 5.26 Å². The molecule has 1 saturated carbocycles. The molecule has 1 aliphatic heterocycles. The molecule has 0 bridgehead atoms. The van der Waals surface area contributed by atoms with Crippen molar-refractivity contribution in [3.63, 3.8) is 0 Å². The number of tetrazole rings is 1. The highest BCUT2D eigenvalue weighted by molar-refractivity contribution is 5.28. The molecule has 3 rings (SSSR count). The van der Waals surface area contributed by atoms with Gasteiger partial charge in [-0.05, 0) is 29.7 Å². The van der Waals surface area contributed by atoms with Crippen molar-refractivity contribution in [1.82, 2.24) is 20.6 Å². The molecule has 0 spiro atoms. The second-order valence-electron chi connectivity index (χ2n) is 8.07. The minimum atomic E-state index is -0.467. The first-order chi connectivity index (χ1) is 14.1.